The van der Waals surface area contributed by atoms with E-state index in [0.717, 1.165) is 51.7 Å². The van der Waals surface area contributed by atoms with Crippen molar-refractivity contribution in [2.75, 3.05) is 33.0 Å². The molecular formula is C12H23NO2. The van der Waals surface area contributed by atoms with Gasteiger partial charge in [-0.1, -0.05) is 12.8 Å². The number of nitrogens with one attached hydrogen (secondary N) is 1. The molecule has 0 unspecified atom stereocenters. The predicted molar refractivity (Wildman–Crippen MR) is 60.0 cm³/mol. The molecule has 0 spiro atoms. The van der Waals surface area contributed by atoms with E-state index < -0.39 is 0 Å². The van der Waals surface area contributed by atoms with Crippen molar-refractivity contribution in [1.29, 1.82) is 0 Å². The lowest BCUT2D eigenvalue weighted by atomic mass is 10.1. The fraction of sp³-hybridized carbons (Fsp3) is 1.00. The van der Waals surface area contributed by atoms with E-state index in [9.17, 15) is 0 Å². The summed E-state index contributed by atoms with van der Waals surface area (Å²) in [6, 6.07) is 0.658. The zero-order chi connectivity index (χ0) is 10.3. The van der Waals surface area contributed by atoms with Gasteiger partial charge in [-0.15, -0.1) is 0 Å². The second kappa shape index (κ2) is 6.46. The van der Waals surface area contributed by atoms with E-state index in [0.29, 0.717) is 6.04 Å². The van der Waals surface area contributed by atoms with Gasteiger partial charge < -0.3 is 14.8 Å². The lowest BCUT2D eigenvalue weighted by Gasteiger charge is -2.23. The Kier molecular flexibility index (Phi) is 4.90. The third-order valence-electron chi connectivity index (χ3n) is 3.27. The average molecular weight is 213 g/mol. The van der Waals surface area contributed by atoms with Crippen LogP contribution < -0.4 is 5.32 Å². The van der Waals surface area contributed by atoms with Crippen molar-refractivity contribution in [1.82, 2.24) is 5.32 Å². The summed E-state index contributed by atoms with van der Waals surface area (Å²) in [6.45, 7) is 4.65. The Balaban J connectivity index is 1.37. The molecule has 0 amide bonds. The van der Waals surface area contributed by atoms with Gasteiger partial charge >= 0.3 is 0 Å². The van der Waals surface area contributed by atoms with E-state index in [1.54, 1.807) is 0 Å². The van der Waals surface area contributed by atoms with Crippen molar-refractivity contribution in [2.45, 2.75) is 38.1 Å². The molecule has 2 aliphatic rings. The first-order valence-electron chi connectivity index (χ1n) is 6.34. The fourth-order valence-electron chi connectivity index (χ4n) is 2.00. The molecule has 1 heterocycles. The summed E-state index contributed by atoms with van der Waals surface area (Å²) >= 11 is 0. The third-order valence-corrected chi connectivity index (χ3v) is 3.27. The van der Waals surface area contributed by atoms with Gasteiger partial charge in [-0.3, -0.25) is 0 Å². The fourth-order valence-corrected chi connectivity index (χ4v) is 2.00. The number of hydrogen-bond donors (Lipinski definition) is 1. The first-order valence-corrected chi connectivity index (χ1v) is 6.34. The molecular weight excluding hydrogens is 190 g/mol. The molecule has 1 saturated carbocycles. The van der Waals surface area contributed by atoms with Crippen LogP contribution in [0.1, 0.15) is 32.1 Å². The summed E-state index contributed by atoms with van der Waals surface area (Å²) in [5, 5.41) is 3.52. The molecule has 0 radical (unpaired) electrons. The normalized spacial score (nSPS) is 23.2. The molecule has 15 heavy (non-hydrogen) atoms. The van der Waals surface area contributed by atoms with Crippen molar-refractivity contribution >= 4 is 0 Å². The van der Waals surface area contributed by atoms with Gasteiger partial charge in [0.15, 0.2) is 0 Å². The van der Waals surface area contributed by atoms with E-state index in [4.69, 9.17) is 9.47 Å². The van der Waals surface area contributed by atoms with Crippen LogP contribution in [0, 0.1) is 5.92 Å². The topological polar surface area (TPSA) is 30.5 Å². The van der Waals surface area contributed by atoms with Gasteiger partial charge in [-0.05, 0) is 25.2 Å². The molecule has 2 rings (SSSR count). The smallest absolute Gasteiger partial charge is 0.0591 e. The first kappa shape index (κ1) is 11.4. The first-order chi connectivity index (χ1) is 7.45. The van der Waals surface area contributed by atoms with Gasteiger partial charge in [0.1, 0.15) is 0 Å². The molecule has 0 atom stereocenters. The van der Waals surface area contributed by atoms with Crippen LogP contribution in [0.2, 0.25) is 0 Å². The third kappa shape index (κ3) is 4.96. The highest BCUT2D eigenvalue weighted by Crippen LogP contribution is 2.31. The lowest BCUT2D eigenvalue weighted by Crippen LogP contribution is -2.36. The number of rotatable bonds is 7. The van der Waals surface area contributed by atoms with E-state index in [1.807, 2.05) is 0 Å². The maximum Gasteiger partial charge on any atom is 0.0591 e. The summed E-state index contributed by atoms with van der Waals surface area (Å²) in [5.74, 6) is 0.994. The van der Waals surface area contributed by atoms with E-state index in [2.05, 4.69) is 5.32 Å². The van der Waals surface area contributed by atoms with Crippen LogP contribution in [0.4, 0.5) is 0 Å². The largest absolute Gasteiger partial charge is 0.381 e. The van der Waals surface area contributed by atoms with Crippen LogP contribution in [0.5, 0.6) is 0 Å². The maximum atomic E-state index is 5.58. The van der Waals surface area contributed by atoms with E-state index >= 15 is 0 Å². The highest BCUT2D eigenvalue weighted by atomic mass is 16.5. The van der Waals surface area contributed by atoms with E-state index in [-0.39, 0.29) is 0 Å². The second-order valence-electron chi connectivity index (χ2n) is 4.69. The molecule has 0 aromatic rings. The summed E-state index contributed by atoms with van der Waals surface area (Å²) in [7, 11) is 0. The average Bonchev–Trinajstić information content (AvgIpc) is 3.09. The minimum absolute atomic E-state index is 0.658. The quantitative estimate of drug-likeness (QED) is 0.651. The molecule has 0 aromatic heterocycles. The number of hydrogen-bond acceptors (Lipinski definition) is 3. The van der Waals surface area contributed by atoms with Gasteiger partial charge in [-0.2, -0.15) is 0 Å². The Morgan fingerprint density at radius 2 is 1.87 bits per heavy atom. The predicted octanol–water partition coefficient (Wildman–Crippen LogP) is 1.57. The summed E-state index contributed by atoms with van der Waals surface area (Å²) in [4.78, 5) is 0. The minimum atomic E-state index is 0.658. The molecule has 1 aliphatic carbocycles. The van der Waals surface area contributed by atoms with Gasteiger partial charge in [0.25, 0.3) is 0 Å². The highest BCUT2D eigenvalue weighted by Gasteiger charge is 2.20. The highest BCUT2D eigenvalue weighted by molar-refractivity contribution is 4.72. The maximum absolute atomic E-state index is 5.58. The van der Waals surface area contributed by atoms with Crippen LogP contribution in [-0.4, -0.2) is 39.0 Å². The van der Waals surface area contributed by atoms with Crippen molar-refractivity contribution in [2.24, 2.45) is 5.92 Å². The molecule has 3 heteroatoms. The Labute approximate surface area is 92.5 Å². The molecule has 3 nitrogen and oxygen atoms in total. The van der Waals surface area contributed by atoms with Crippen molar-refractivity contribution in [3.05, 3.63) is 0 Å². The molecule has 1 aliphatic heterocycles. The van der Waals surface area contributed by atoms with Crippen LogP contribution in [-0.2, 0) is 9.47 Å². The van der Waals surface area contributed by atoms with Crippen molar-refractivity contribution < 1.29 is 9.47 Å². The Morgan fingerprint density at radius 3 is 2.60 bits per heavy atom. The number of ether oxygens (including phenoxy) is 2. The molecule has 2 fully saturated rings. The molecule has 0 aromatic carbocycles. The van der Waals surface area contributed by atoms with Gasteiger partial charge in [-0.25, -0.2) is 0 Å². The van der Waals surface area contributed by atoms with Crippen LogP contribution in [0.15, 0.2) is 0 Å². The SMILES string of the molecule is C(COCCC1CC1)NC1CCOCC1. The molecule has 1 saturated heterocycles. The van der Waals surface area contributed by atoms with Gasteiger partial charge in [0.2, 0.25) is 0 Å². The summed E-state index contributed by atoms with van der Waals surface area (Å²) in [5.41, 5.74) is 0. The van der Waals surface area contributed by atoms with E-state index in [1.165, 1.54) is 19.3 Å². The molecule has 1 N–H and O–H groups in total. The summed E-state index contributed by atoms with van der Waals surface area (Å²) < 4.78 is 10.9. The van der Waals surface area contributed by atoms with Crippen molar-refractivity contribution in [3.63, 3.8) is 0 Å². The minimum Gasteiger partial charge on any atom is -0.381 e. The lowest BCUT2D eigenvalue weighted by molar-refractivity contribution is 0.0725. The van der Waals surface area contributed by atoms with Crippen LogP contribution in [0.25, 0.3) is 0 Å². The second-order valence-corrected chi connectivity index (χ2v) is 4.69. The molecule has 0 bridgehead atoms. The Morgan fingerprint density at radius 1 is 1.07 bits per heavy atom. The Hall–Kier alpha value is -0.120. The Bertz CT molecular complexity index is 165. The van der Waals surface area contributed by atoms with Crippen molar-refractivity contribution in [3.8, 4) is 0 Å². The zero-order valence-electron chi connectivity index (χ0n) is 9.54. The monoisotopic (exact) mass is 213 g/mol. The van der Waals surface area contributed by atoms with Gasteiger partial charge in [0, 0.05) is 32.4 Å². The standard InChI is InChI=1S/C12H23NO2/c1-2-11(1)3-7-15-10-6-13-12-4-8-14-9-5-12/h11-13H,1-10H2. The van der Waals surface area contributed by atoms with Gasteiger partial charge in [0.05, 0.1) is 6.61 Å². The van der Waals surface area contributed by atoms with Crippen LogP contribution >= 0.6 is 0 Å². The zero-order valence-corrected chi connectivity index (χ0v) is 9.54. The summed E-state index contributed by atoms with van der Waals surface area (Å²) in [6.07, 6.45) is 6.45. The molecule has 88 valence electrons. The van der Waals surface area contributed by atoms with Crippen LogP contribution in [0.3, 0.4) is 0 Å².